The third kappa shape index (κ3) is 5.04. The number of rotatable bonds is 8. The lowest BCUT2D eigenvalue weighted by atomic mass is 10.2. The summed E-state index contributed by atoms with van der Waals surface area (Å²) in [6, 6.07) is 8.07. The van der Waals surface area contributed by atoms with Crippen LogP contribution in [0, 0.1) is 0 Å². The van der Waals surface area contributed by atoms with E-state index in [0.717, 1.165) is 0 Å². The van der Waals surface area contributed by atoms with Gasteiger partial charge in [-0.1, -0.05) is 13.8 Å². The average molecular weight is 420 g/mol. The standard InChI is InChI=1S/C20H29N5O3S/c1-7-25(8-2)29(27,28)16-9-10-18(23(3)4)17(14-16)22-20(26)15-11-12-21-19(13-15)24(5)6/h9-14H,7-8H2,1-6H3,(H,22,26). The van der Waals surface area contributed by atoms with Crippen LogP contribution in [0.4, 0.5) is 17.2 Å². The number of amides is 1. The maximum absolute atomic E-state index is 12.9. The Kier molecular flexibility index (Phi) is 7.21. The third-order valence-electron chi connectivity index (χ3n) is 4.51. The maximum Gasteiger partial charge on any atom is 0.255 e. The molecule has 0 atom stereocenters. The van der Waals surface area contributed by atoms with Crippen molar-refractivity contribution in [2.45, 2.75) is 18.7 Å². The summed E-state index contributed by atoms with van der Waals surface area (Å²) in [6.45, 7) is 4.34. The number of nitrogens with one attached hydrogen (secondary N) is 1. The molecule has 0 saturated carbocycles. The molecule has 0 spiro atoms. The molecule has 1 amide bonds. The zero-order valence-electron chi connectivity index (χ0n) is 17.8. The van der Waals surface area contributed by atoms with Gasteiger partial charge in [0.15, 0.2) is 0 Å². The molecule has 1 aromatic heterocycles. The van der Waals surface area contributed by atoms with Crippen molar-refractivity contribution in [3.63, 3.8) is 0 Å². The van der Waals surface area contributed by atoms with E-state index in [9.17, 15) is 13.2 Å². The first-order chi connectivity index (χ1) is 13.6. The van der Waals surface area contributed by atoms with Gasteiger partial charge in [0, 0.05) is 53.0 Å². The molecule has 2 rings (SSSR count). The molecule has 0 aliphatic rings. The van der Waals surface area contributed by atoms with E-state index in [2.05, 4.69) is 10.3 Å². The van der Waals surface area contributed by atoms with Gasteiger partial charge in [-0.3, -0.25) is 4.79 Å². The molecule has 9 heteroatoms. The Morgan fingerprint density at radius 3 is 2.21 bits per heavy atom. The van der Waals surface area contributed by atoms with E-state index in [1.807, 2.05) is 33.1 Å². The summed E-state index contributed by atoms with van der Waals surface area (Å²) in [7, 11) is 3.72. The molecule has 0 aliphatic heterocycles. The van der Waals surface area contributed by atoms with Gasteiger partial charge in [0.25, 0.3) is 5.91 Å². The number of aromatic nitrogens is 1. The summed E-state index contributed by atoms with van der Waals surface area (Å²) in [5.74, 6) is 0.319. The number of nitrogens with zero attached hydrogens (tertiary/aromatic N) is 4. The van der Waals surface area contributed by atoms with Crippen LogP contribution in [0.3, 0.4) is 0 Å². The summed E-state index contributed by atoms with van der Waals surface area (Å²) in [6.07, 6.45) is 1.57. The Morgan fingerprint density at radius 1 is 1.00 bits per heavy atom. The second-order valence-corrected chi connectivity index (χ2v) is 8.85. The molecule has 0 saturated heterocycles. The summed E-state index contributed by atoms with van der Waals surface area (Å²) in [5.41, 5.74) is 1.57. The van der Waals surface area contributed by atoms with Crippen molar-refractivity contribution < 1.29 is 13.2 Å². The number of hydrogen-bond donors (Lipinski definition) is 1. The molecule has 0 radical (unpaired) electrons. The van der Waals surface area contributed by atoms with Gasteiger partial charge in [0.1, 0.15) is 5.82 Å². The molecule has 0 fully saturated rings. The van der Waals surface area contributed by atoms with Crippen LogP contribution in [0.5, 0.6) is 0 Å². The Bertz CT molecular complexity index is 970. The van der Waals surface area contributed by atoms with Crippen LogP contribution in [0.1, 0.15) is 24.2 Å². The van der Waals surface area contributed by atoms with Gasteiger partial charge in [0.2, 0.25) is 10.0 Å². The molecule has 0 bridgehead atoms. The van der Waals surface area contributed by atoms with Gasteiger partial charge in [-0.05, 0) is 30.3 Å². The fraction of sp³-hybridized carbons (Fsp3) is 0.400. The summed E-state index contributed by atoms with van der Waals surface area (Å²) in [4.78, 5) is 20.8. The number of carbonyl (C=O) groups is 1. The summed E-state index contributed by atoms with van der Waals surface area (Å²) < 4.78 is 27.2. The number of carbonyl (C=O) groups excluding carboxylic acids is 1. The van der Waals surface area contributed by atoms with Gasteiger partial charge in [-0.15, -0.1) is 0 Å². The van der Waals surface area contributed by atoms with Crippen molar-refractivity contribution in [2.24, 2.45) is 0 Å². The first-order valence-electron chi connectivity index (χ1n) is 9.38. The van der Waals surface area contributed by atoms with E-state index in [4.69, 9.17) is 0 Å². The van der Waals surface area contributed by atoms with Gasteiger partial charge in [0.05, 0.1) is 16.3 Å². The van der Waals surface area contributed by atoms with Crippen LogP contribution < -0.4 is 15.1 Å². The quantitative estimate of drug-likeness (QED) is 0.708. The fourth-order valence-corrected chi connectivity index (χ4v) is 4.36. The fourth-order valence-electron chi connectivity index (χ4n) is 2.88. The molecule has 2 aromatic rings. The Hall–Kier alpha value is -2.65. The van der Waals surface area contributed by atoms with Crippen LogP contribution in [0.15, 0.2) is 41.4 Å². The molecule has 0 unspecified atom stereocenters. The van der Waals surface area contributed by atoms with Crippen molar-refractivity contribution >= 4 is 33.1 Å². The molecule has 158 valence electrons. The maximum atomic E-state index is 12.9. The zero-order chi connectivity index (χ0) is 21.8. The lowest BCUT2D eigenvalue weighted by Crippen LogP contribution is -2.30. The SMILES string of the molecule is CCN(CC)S(=O)(=O)c1ccc(N(C)C)c(NC(=O)c2ccnc(N(C)C)c2)c1. The van der Waals surface area contributed by atoms with Gasteiger partial charge < -0.3 is 15.1 Å². The van der Waals surface area contributed by atoms with Gasteiger partial charge >= 0.3 is 0 Å². The molecular formula is C20H29N5O3S. The van der Waals surface area contributed by atoms with E-state index >= 15 is 0 Å². The first-order valence-corrected chi connectivity index (χ1v) is 10.8. The molecule has 8 nitrogen and oxygen atoms in total. The van der Waals surface area contributed by atoms with Crippen molar-refractivity contribution in [1.82, 2.24) is 9.29 Å². The Morgan fingerprint density at radius 2 is 1.66 bits per heavy atom. The highest BCUT2D eigenvalue weighted by Gasteiger charge is 2.23. The van der Waals surface area contributed by atoms with E-state index in [1.165, 1.54) is 10.4 Å². The molecule has 1 N–H and O–H groups in total. The highest BCUT2D eigenvalue weighted by atomic mass is 32.2. The highest BCUT2D eigenvalue weighted by molar-refractivity contribution is 7.89. The molecular weight excluding hydrogens is 390 g/mol. The lowest BCUT2D eigenvalue weighted by molar-refractivity contribution is 0.102. The second kappa shape index (κ2) is 9.23. The minimum atomic E-state index is -3.64. The van der Waals surface area contributed by atoms with Crippen LogP contribution in [0.2, 0.25) is 0 Å². The molecule has 1 aromatic carbocycles. The predicted molar refractivity (Wildman–Crippen MR) is 117 cm³/mol. The van der Waals surface area contributed by atoms with Crippen LogP contribution in [0.25, 0.3) is 0 Å². The smallest absolute Gasteiger partial charge is 0.255 e. The van der Waals surface area contributed by atoms with Crippen molar-refractivity contribution in [3.8, 4) is 0 Å². The lowest BCUT2D eigenvalue weighted by Gasteiger charge is -2.22. The Balaban J connectivity index is 2.45. The number of sulfonamides is 1. The van der Waals surface area contributed by atoms with Crippen molar-refractivity contribution in [2.75, 3.05) is 56.4 Å². The third-order valence-corrected chi connectivity index (χ3v) is 6.55. The van der Waals surface area contributed by atoms with E-state index in [0.29, 0.717) is 35.8 Å². The average Bonchev–Trinajstić information content (AvgIpc) is 2.68. The largest absolute Gasteiger partial charge is 0.376 e. The highest BCUT2D eigenvalue weighted by Crippen LogP contribution is 2.29. The minimum absolute atomic E-state index is 0.144. The molecule has 29 heavy (non-hydrogen) atoms. The Labute approximate surface area is 173 Å². The number of anilines is 3. The van der Waals surface area contributed by atoms with Gasteiger partial charge in [-0.2, -0.15) is 4.31 Å². The summed E-state index contributed by atoms with van der Waals surface area (Å²) in [5, 5.41) is 2.85. The van der Waals surface area contributed by atoms with Crippen molar-refractivity contribution in [1.29, 1.82) is 0 Å². The van der Waals surface area contributed by atoms with E-state index < -0.39 is 10.0 Å². The monoisotopic (exact) mass is 419 g/mol. The van der Waals surface area contributed by atoms with Crippen LogP contribution in [-0.2, 0) is 10.0 Å². The summed E-state index contributed by atoms with van der Waals surface area (Å²) >= 11 is 0. The number of benzene rings is 1. The van der Waals surface area contributed by atoms with Crippen LogP contribution >= 0.6 is 0 Å². The molecule has 0 aliphatic carbocycles. The number of hydrogen-bond acceptors (Lipinski definition) is 6. The topological polar surface area (TPSA) is 85.8 Å². The second-order valence-electron chi connectivity index (χ2n) is 6.91. The zero-order valence-corrected chi connectivity index (χ0v) is 18.6. The first kappa shape index (κ1) is 22.6. The van der Waals surface area contributed by atoms with Gasteiger partial charge in [-0.25, -0.2) is 13.4 Å². The minimum Gasteiger partial charge on any atom is -0.376 e. The van der Waals surface area contributed by atoms with E-state index in [-0.39, 0.29) is 10.8 Å². The van der Waals surface area contributed by atoms with Crippen molar-refractivity contribution in [3.05, 3.63) is 42.1 Å². The van der Waals surface area contributed by atoms with E-state index in [1.54, 1.807) is 49.2 Å². The number of pyridine rings is 1. The molecule has 1 heterocycles. The van der Waals surface area contributed by atoms with Crippen LogP contribution in [-0.4, -0.2) is 64.9 Å². The predicted octanol–water partition coefficient (Wildman–Crippen LogP) is 2.50. The normalized spacial score (nSPS) is 11.4.